The van der Waals surface area contributed by atoms with Crippen molar-refractivity contribution in [3.8, 4) is 5.88 Å². The molecule has 0 atom stereocenters. The Kier molecular flexibility index (Phi) is 3.96. The van der Waals surface area contributed by atoms with Crippen molar-refractivity contribution in [1.29, 1.82) is 0 Å². The number of esters is 1. The van der Waals surface area contributed by atoms with Gasteiger partial charge in [-0.2, -0.15) is 8.78 Å². The van der Waals surface area contributed by atoms with Crippen LogP contribution in [0.4, 0.5) is 8.78 Å². The van der Waals surface area contributed by atoms with Crippen LogP contribution in [0.3, 0.4) is 0 Å². The molecule has 0 aliphatic carbocycles. The zero-order chi connectivity index (χ0) is 11.3. The van der Waals surface area contributed by atoms with Gasteiger partial charge in [0, 0.05) is 12.3 Å². The molecule has 0 N–H and O–H groups in total. The van der Waals surface area contributed by atoms with Crippen molar-refractivity contribution in [1.82, 2.24) is 4.98 Å². The van der Waals surface area contributed by atoms with Crippen molar-refractivity contribution in [3.05, 3.63) is 23.9 Å². The number of nitrogens with zero attached hydrogens (tertiary/aromatic N) is 1. The molecule has 1 rings (SSSR count). The number of carbonyl (C=O) groups excluding carboxylic acids is 1. The monoisotopic (exact) mass is 217 g/mol. The number of hydrogen-bond donors (Lipinski definition) is 0. The number of aromatic nitrogens is 1. The third-order valence-electron chi connectivity index (χ3n) is 1.59. The molecule has 0 aliphatic rings. The lowest BCUT2D eigenvalue weighted by atomic mass is 10.2. The molecule has 1 heterocycles. The van der Waals surface area contributed by atoms with Gasteiger partial charge in [-0.05, 0) is 11.6 Å². The molecule has 0 saturated carbocycles. The first-order valence-corrected chi connectivity index (χ1v) is 4.08. The quantitative estimate of drug-likeness (QED) is 0.715. The third kappa shape index (κ3) is 3.88. The van der Waals surface area contributed by atoms with Crippen LogP contribution in [0.2, 0.25) is 0 Å². The first kappa shape index (κ1) is 11.4. The first-order valence-electron chi connectivity index (χ1n) is 4.08. The van der Waals surface area contributed by atoms with Crippen molar-refractivity contribution in [3.63, 3.8) is 0 Å². The average Bonchev–Trinajstić information content (AvgIpc) is 2.17. The van der Waals surface area contributed by atoms with E-state index in [1.807, 2.05) is 0 Å². The summed E-state index contributed by atoms with van der Waals surface area (Å²) in [5.74, 6) is -0.671. The van der Waals surface area contributed by atoms with Crippen LogP contribution in [0.1, 0.15) is 5.56 Å². The molecule has 82 valence electrons. The number of hydrogen-bond acceptors (Lipinski definition) is 4. The van der Waals surface area contributed by atoms with Gasteiger partial charge in [-0.25, -0.2) is 4.98 Å². The maximum atomic E-state index is 11.8. The van der Waals surface area contributed by atoms with Gasteiger partial charge in [0.2, 0.25) is 5.88 Å². The number of ether oxygens (including phenoxy) is 2. The van der Waals surface area contributed by atoms with Crippen LogP contribution in [0, 0.1) is 0 Å². The predicted molar refractivity (Wildman–Crippen MR) is 46.6 cm³/mol. The molecule has 4 nitrogen and oxygen atoms in total. The Hall–Kier alpha value is -1.72. The van der Waals surface area contributed by atoms with Crippen LogP contribution in [0.5, 0.6) is 5.88 Å². The van der Waals surface area contributed by atoms with Crippen molar-refractivity contribution >= 4 is 5.97 Å². The molecular formula is C9H9F2NO3. The minimum atomic E-state index is -2.93. The van der Waals surface area contributed by atoms with Gasteiger partial charge in [0.25, 0.3) is 0 Å². The maximum Gasteiger partial charge on any atom is 0.388 e. The van der Waals surface area contributed by atoms with Crippen molar-refractivity contribution in [2.24, 2.45) is 0 Å². The molecule has 0 aromatic carbocycles. The van der Waals surface area contributed by atoms with Gasteiger partial charge in [-0.1, -0.05) is 0 Å². The topological polar surface area (TPSA) is 48.4 Å². The minimum Gasteiger partial charge on any atom is -0.469 e. The van der Waals surface area contributed by atoms with E-state index in [2.05, 4.69) is 14.5 Å². The van der Waals surface area contributed by atoms with Crippen molar-refractivity contribution in [2.45, 2.75) is 13.0 Å². The van der Waals surface area contributed by atoms with Crippen molar-refractivity contribution < 1.29 is 23.0 Å². The summed E-state index contributed by atoms with van der Waals surface area (Å²) in [6, 6.07) is 2.79. The van der Waals surface area contributed by atoms with E-state index in [4.69, 9.17) is 0 Å². The third-order valence-corrected chi connectivity index (χ3v) is 1.59. The highest BCUT2D eigenvalue weighted by Gasteiger charge is 2.08. The van der Waals surface area contributed by atoms with Gasteiger partial charge in [0.15, 0.2) is 0 Å². The maximum absolute atomic E-state index is 11.8. The Balaban J connectivity index is 2.69. The Morgan fingerprint density at radius 1 is 1.60 bits per heavy atom. The lowest BCUT2D eigenvalue weighted by molar-refractivity contribution is -0.139. The lowest BCUT2D eigenvalue weighted by Gasteiger charge is -2.04. The fourth-order valence-corrected chi connectivity index (χ4v) is 0.955. The fourth-order valence-electron chi connectivity index (χ4n) is 0.955. The Labute approximate surface area is 84.8 Å². The molecular weight excluding hydrogens is 208 g/mol. The smallest absolute Gasteiger partial charge is 0.388 e. The summed E-state index contributed by atoms with van der Waals surface area (Å²) >= 11 is 0. The molecule has 1 aromatic heterocycles. The van der Waals surface area contributed by atoms with E-state index in [-0.39, 0.29) is 12.3 Å². The highest BCUT2D eigenvalue weighted by Crippen LogP contribution is 2.12. The van der Waals surface area contributed by atoms with Gasteiger partial charge in [0.05, 0.1) is 13.5 Å². The Morgan fingerprint density at radius 3 is 2.93 bits per heavy atom. The summed E-state index contributed by atoms with van der Waals surface area (Å²) in [5, 5.41) is 0. The highest BCUT2D eigenvalue weighted by molar-refractivity contribution is 5.72. The zero-order valence-corrected chi connectivity index (χ0v) is 7.94. The van der Waals surface area contributed by atoms with Crippen LogP contribution in [-0.4, -0.2) is 24.7 Å². The molecule has 0 spiro atoms. The van der Waals surface area contributed by atoms with Crippen LogP contribution in [0.25, 0.3) is 0 Å². The summed E-state index contributed by atoms with van der Waals surface area (Å²) in [4.78, 5) is 14.4. The molecule has 0 unspecified atom stereocenters. The minimum absolute atomic E-state index is 0.00137. The van der Waals surface area contributed by atoms with E-state index >= 15 is 0 Å². The molecule has 0 amide bonds. The van der Waals surface area contributed by atoms with E-state index < -0.39 is 12.6 Å². The molecule has 6 heteroatoms. The van der Waals surface area contributed by atoms with E-state index in [0.717, 1.165) is 0 Å². The van der Waals surface area contributed by atoms with Crippen LogP contribution < -0.4 is 4.74 Å². The van der Waals surface area contributed by atoms with Gasteiger partial charge >= 0.3 is 12.6 Å². The van der Waals surface area contributed by atoms with Crippen LogP contribution >= 0.6 is 0 Å². The number of halogens is 2. The van der Waals surface area contributed by atoms with Gasteiger partial charge in [0.1, 0.15) is 0 Å². The SMILES string of the molecule is COC(=O)Cc1ccnc(OC(F)F)c1. The molecule has 15 heavy (non-hydrogen) atoms. The van der Waals surface area contributed by atoms with Crippen LogP contribution in [0.15, 0.2) is 18.3 Å². The normalized spacial score (nSPS) is 10.1. The van der Waals surface area contributed by atoms with E-state index in [1.165, 1.54) is 25.4 Å². The number of pyridine rings is 1. The standard InChI is InChI=1S/C9H9F2NO3/c1-14-8(13)5-6-2-3-12-7(4-6)15-9(10)11/h2-4,9H,5H2,1H3. The fraction of sp³-hybridized carbons (Fsp3) is 0.333. The average molecular weight is 217 g/mol. The second-order valence-electron chi connectivity index (χ2n) is 2.63. The summed E-state index contributed by atoms with van der Waals surface area (Å²) in [6.07, 6.45) is 1.29. The largest absolute Gasteiger partial charge is 0.469 e. The van der Waals surface area contributed by atoms with E-state index in [0.29, 0.717) is 5.56 Å². The molecule has 0 bridgehead atoms. The summed E-state index contributed by atoms with van der Waals surface area (Å²) in [6.45, 7) is -2.93. The van der Waals surface area contributed by atoms with E-state index in [9.17, 15) is 13.6 Å². The predicted octanol–water partition coefficient (Wildman–Crippen LogP) is 1.40. The molecule has 0 fully saturated rings. The summed E-state index contributed by atoms with van der Waals surface area (Å²) in [7, 11) is 1.25. The number of alkyl halides is 2. The van der Waals surface area contributed by atoms with Gasteiger partial charge < -0.3 is 9.47 Å². The van der Waals surface area contributed by atoms with Crippen LogP contribution in [-0.2, 0) is 16.0 Å². The number of rotatable bonds is 4. The second-order valence-corrected chi connectivity index (χ2v) is 2.63. The summed E-state index contributed by atoms with van der Waals surface area (Å²) in [5.41, 5.74) is 0.507. The molecule has 0 aliphatic heterocycles. The van der Waals surface area contributed by atoms with E-state index in [1.54, 1.807) is 0 Å². The zero-order valence-electron chi connectivity index (χ0n) is 7.94. The van der Waals surface area contributed by atoms with Gasteiger partial charge in [-0.15, -0.1) is 0 Å². The van der Waals surface area contributed by atoms with Crippen molar-refractivity contribution in [2.75, 3.05) is 7.11 Å². The first-order chi connectivity index (χ1) is 7.11. The van der Waals surface area contributed by atoms with Gasteiger partial charge in [-0.3, -0.25) is 4.79 Å². The molecule has 1 aromatic rings. The number of methoxy groups -OCH3 is 1. The molecule has 0 radical (unpaired) electrons. The lowest BCUT2D eigenvalue weighted by Crippen LogP contribution is -2.07. The Morgan fingerprint density at radius 2 is 2.33 bits per heavy atom. The summed E-state index contributed by atoms with van der Waals surface area (Å²) < 4.78 is 32.2. The number of carbonyl (C=O) groups is 1. The highest BCUT2D eigenvalue weighted by atomic mass is 19.3. The molecule has 0 saturated heterocycles. The Bertz CT molecular complexity index is 344. The second kappa shape index (κ2) is 5.23.